The summed E-state index contributed by atoms with van der Waals surface area (Å²) >= 11 is 0. The fourth-order valence-corrected chi connectivity index (χ4v) is 1.51. The molecule has 0 fully saturated rings. The van der Waals surface area contributed by atoms with Crippen molar-refractivity contribution < 1.29 is 14.6 Å². The molecule has 0 unspecified atom stereocenters. The van der Waals surface area contributed by atoms with Crippen LogP contribution in [0, 0.1) is 0 Å². The molecule has 3 N–H and O–H groups in total. The minimum absolute atomic E-state index is 0.0255. The van der Waals surface area contributed by atoms with Gasteiger partial charge in [0.25, 0.3) is 0 Å². The molecule has 0 aliphatic rings. The summed E-state index contributed by atoms with van der Waals surface area (Å²) in [7, 11) is 0. The second-order valence-corrected chi connectivity index (χ2v) is 3.65. The molecule has 6 nitrogen and oxygen atoms in total. The largest absolute Gasteiger partial charge is 0.508 e. The Morgan fingerprint density at radius 3 is 2.94 bits per heavy atom. The average Bonchev–Trinajstić information content (AvgIpc) is 2.70. The van der Waals surface area contributed by atoms with Crippen LogP contribution in [-0.2, 0) is 6.54 Å². The maximum Gasteiger partial charge on any atom is 0.348 e. The van der Waals surface area contributed by atoms with Crippen LogP contribution in [0.2, 0.25) is 0 Å². The number of anilines is 1. The van der Waals surface area contributed by atoms with Crippen LogP contribution >= 0.6 is 0 Å². The van der Waals surface area contributed by atoms with Crippen molar-refractivity contribution >= 4 is 11.8 Å². The number of carbonyl (C=O) groups is 1. The number of carbonyl (C=O) groups excluding carboxylic acids is 1. The van der Waals surface area contributed by atoms with Crippen molar-refractivity contribution in [3.05, 3.63) is 36.0 Å². The first-order valence-electron chi connectivity index (χ1n) is 5.44. The summed E-state index contributed by atoms with van der Waals surface area (Å²) in [6, 6.07) is 5.98. The Balaban J connectivity index is 2.19. The lowest BCUT2D eigenvalue weighted by molar-refractivity contribution is 0.0735. The number of nitrogen functional groups attached to an aromatic ring is 1. The second-order valence-electron chi connectivity index (χ2n) is 3.65. The van der Waals surface area contributed by atoms with Crippen molar-refractivity contribution in [2.75, 3.05) is 5.73 Å². The van der Waals surface area contributed by atoms with Crippen molar-refractivity contribution in [3.8, 4) is 11.5 Å². The summed E-state index contributed by atoms with van der Waals surface area (Å²) in [6.45, 7) is 2.44. The molecule has 6 heteroatoms. The first kappa shape index (κ1) is 12.0. The molecule has 0 bridgehead atoms. The van der Waals surface area contributed by atoms with Crippen molar-refractivity contribution in [2.24, 2.45) is 0 Å². The summed E-state index contributed by atoms with van der Waals surface area (Å²) in [5, 5.41) is 13.2. The summed E-state index contributed by atoms with van der Waals surface area (Å²) in [5.41, 5.74) is 5.96. The van der Waals surface area contributed by atoms with E-state index in [1.807, 2.05) is 6.92 Å². The van der Waals surface area contributed by atoms with E-state index in [1.165, 1.54) is 23.0 Å². The van der Waals surface area contributed by atoms with E-state index in [0.29, 0.717) is 6.54 Å². The van der Waals surface area contributed by atoms with Gasteiger partial charge in [0.05, 0.1) is 6.20 Å². The van der Waals surface area contributed by atoms with E-state index < -0.39 is 5.97 Å². The topological polar surface area (TPSA) is 90.4 Å². The molecular formula is C12H13N3O3. The van der Waals surface area contributed by atoms with E-state index in [-0.39, 0.29) is 22.9 Å². The van der Waals surface area contributed by atoms with Crippen molar-refractivity contribution in [1.29, 1.82) is 0 Å². The summed E-state index contributed by atoms with van der Waals surface area (Å²) in [6.07, 6.45) is 1.37. The van der Waals surface area contributed by atoms with Gasteiger partial charge < -0.3 is 15.6 Å². The van der Waals surface area contributed by atoms with Crippen LogP contribution < -0.4 is 10.5 Å². The Kier molecular flexibility index (Phi) is 3.18. The molecular weight excluding hydrogens is 234 g/mol. The molecule has 2 aromatic rings. The third-order valence-electron chi connectivity index (χ3n) is 2.43. The molecule has 0 saturated carbocycles. The quantitative estimate of drug-likeness (QED) is 0.632. The zero-order valence-electron chi connectivity index (χ0n) is 9.83. The van der Waals surface area contributed by atoms with E-state index in [9.17, 15) is 9.90 Å². The molecule has 94 valence electrons. The SMILES string of the molecule is CCn1ncc(C(=O)Oc2cccc(O)c2)c1N. The molecule has 1 heterocycles. The number of hydrogen-bond acceptors (Lipinski definition) is 5. The maximum absolute atomic E-state index is 11.8. The number of hydrogen-bond donors (Lipinski definition) is 2. The predicted octanol–water partition coefficient (Wildman–Crippen LogP) is 1.41. The van der Waals surface area contributed by atoms with Gasteiger partial charge in [0.1, 0.15) is 22.9 Å². The maximum atomic E-state index is 11.8. The lowest BCUT2D eigenvalue weighted by atomic mass is 10.3. The minimum Gasteiger partial charge on any atom is -0.508 e. The number of benzene rings is 1. The molecule has 0 aliphatic carbocycles. The summed E-state index contributed by atoms with van der Waals surface area (Å²) in [5.74, 6) is -0.0540. The number of esters is 1. The van der Waals surface area contributed by atoms with Crippen LogP contribution in [0.1, 0.15) is 17.3 Å². The average molecular weight is 247 g/mol. The van der Waals surface area contributed by atoms with Crippen molar-refractivity contribution in [3.63, 3.8) is 0 Å². The second kappa shape index (κ2) is 4.79. The zero-order chi connectivity index (χ0) is 13.1. The fraction of sp³-hybridized carbons (Fsp3) is 0.167. The Hall–Kier alpha value is -2.50. The highest BCUT2D eigenvalue weighted by atomic mass is 16.5. The van der Waals surface area contributed by atoms with Crippen LogP contribution in [0.25, 0.3) is 0 Å². The highest BCUT2D eigenvalue weighted by Crippen LogP contribution is 2.20. The predicted molar refractivity (Wildman–Crippen MR) is 65.4 cm³/mol. The first-order chi connectivity index (χ1) is 8.61. The third kappa shape index (κ3) is 2.27. The minimum atomic E-state index is -0.599. The number of rotatable bonds is 3. The number of aromatic nitrogens is 2. The highest BCUT2D eigenvalue weighted by molar-refractivity contribution is 5.95. The van der Waals surface area contributed by atoms with Gasteiger partial charge in [0, 0.05) is 12.6 Å². The fourth-order valence-electron chi connectivity index (χ4n) is 1.51. The Bertz CT molecular complexity index is 578. The molecule has 18 heavy (non-hydrogen) atoms. The summed E-state index contributed by atoms with van der Waals surface area (Å²) < 4.78 is 6.59. The normalized spacial score (nSPS) is 10.3. The number of nitrogens with zero attached hydrogens (tertiary/aromatic N) is 2. The highest BCUT2D eigenvalue weighted by Gasteiger charge is 2.16. The van der Waals surface area contributed by atoms with Gasteiger partial charge in [-0.05, 0) is 19.1 Å². The van der Waals surface area contributed by atoms with Gasteiger partial charge >= 0.3 is 5.97 Å². The van der Waals surface area contributed by atoms with Gasteiger partial charge in [-0.3, -0.25) is 0 Å². The monoisotopic (exact) mass is 247 g/mol. The van der Waals surface area contributed by atoms with Crippen LogP contribution in [0.4, 0.5) is 5.82 Å². The van der Waals surface area contributed by atoms with E-state index in [2.05, 4.69) is 5.10 Å². The summed E-state index contributed by atoms with van der Waals surface area (Å²) in [4.78, 5) is 11.8. The molecule has 2 rings (SSSR count). The van der Waals surface area contributed by atoms with E-state index in [0.717, 1.165) is 0 Å². The van der Waals surface area contributed by atoms with Crippen LogP contribution in [0.3, 0.4) is 0 Å². The number of phenolic OH excluding ortho intramolecular Hbond substituents is 1. The Morgan fingerprint density at radius 2 is 2.33 bits per heavy atom. The number of aromatic hydroxyl groups is 1. The first-order valence-corrected chi connectivity index (χ1v) is 5.44. The Labute approximate surface area is 104 Å². The van der Waals surface area contributed by atoms with Gasteiger partial charge in [-0.25, -0.2) is 9.48 Å². The van der Waals surface area contributed by atoms with Crippen LogP contribution in [-0.4, -0.2) is 20.9 Å². The molecule has 0 spiro atoms. The lowest BCUT2D eigenvalue weighted by Crippen LogP contribution is -2.11. The molecule has 0 aliphatic heterocycles. The Morgan fingerprint density at radius 1 is 1.56 bits per heavy atom. The molecule has 1 aromatic heterocycles. The van der Waals surface area contributed by atoms with E-state index in [4.69, 9.17) is 10.5 Å². The third-order valence-corrected chi connectivity index (χ3v) is 2.43. The zero-order valence-corrected chi connectivity index (χ0v) is 9.83. The molecule has 0 radical (unpaired) electrons. The smallest absolute Gasteiger partial charge is 0.348 e. The van der Waals surface area contributed by atoms with Gasteiger partial charge in [0.15, 0.2) is 0 Å². The number of nitrogens with two attached hydrogens (primary N) is 1. The van der Waals surface area contributed by atoms with Gasteiger partial charge in [-0.2, -0.15) is 5.10 Å². The molecule has 0 amide bonds. The van der Waals surface area contributed by atoms with E-state index in [1.54, 1.807) is 12.1 Å². The van der Waals surface area contributed by atoms with Crippen LogP contribution in [0.5, 0.6) is 11.5 Å². The molecule has 0 saturated heterocycles. The molecule has 0 atom stereocenters. The van der Waals surface area contributed by atoms with Crippen LogP contribution in [0.15, 0.2) is 30.5 Å². The standard InChI is InChI=1S/C12H13N3O3/c1-2-15-11(13)10(7-14-15)12(17)18-9-5-3-4-8(16)6-9/h3-7,16H,2,13H2,1H3. The van der Waals surface area contributed by atoms with Crippen molar-refractivity contribution in [1.82, 2.24) is 9.78 Å². The molecule has 1 aromatic carbocycles. The van der Waals surface area contributed by atoms with Gasteiger partial charge in [0.2, 0.25) is 0 Å². The van der Waals surface area contributed by atoms with Crippen molar-refractivity contribution in [2.45, 2.75) is 13.5 Å². The number of aryl methyl sites for hydroxylation is 1. The van der Waals surface area contributed by atoms with Gasteiger partial charge in [-0.15, -0.1) is 0 Å². The van der Waals surface area contributed by atoms with Gasteiger partial charge in [-0.1, -0.05) is 6.07 Å². The lowest BCUT2D eigenvalue weighted by Gasteiger charge is -2.04. The number of phenols is 1. The number of ether oxygens (including phenoxy) is 1. The van der Waals surface area contributed by atoms with E-state index >= 15 is 0 Å².